The fraction of sp³-hybridized carbons (Fsp3) is 0.182. The van der Waals surface area contributed by atoms with Crippen LogP contribution in [0.2, 0.25) is 6.82 Å². The number of hydrogen-bond donors (Lipinski definition) is 0. The van der Waals surface area contributed by atoms with Gasteiger partial charge in [0.2, 0.25) is 0 Å². The molecule has 2 rings (SSSR count). The van der Waals surface area contributed by atoms with Crippen molar-refractivity contribution >= 4 is 33.8 Å². The van der Waals surface area contributed by atoms with Crippen molar-refractivity contribution in [3.05, 3.63) is 34.7 Å². The van der Waals surface area contributed by atoms with E-state index in [9.17, 15) is 26.4 Å². The number of rotatable bonds is 3. The standard InChI is InChI=1S/C11H7BF3O5S/c1-12-6-2-3-7-8(4-6)19-10(16)5-9(7)20-21(17,18)11(13,14)15/h2-5H,1H3. The van der Waals surface area contributed by atoms with Gasteiger partial charge in [0.25, 0.3) is 0 Å². The lowest BCUT2D eigenvalue weighted by atomic mass is 9.73. The van der Waals surface area contributed by atoms with Crippen LogP contribution < -0.4 is 15.3 Å². The molecule has 10 heteroatoms. The Morgan fingerprint density at radius 2 is 1.90 bits per heavy atom. The van der Waals surface area contributed by atoms with Crippen LogP contribution in [0.5, 0.6) is 5.75 Å². The molecule has 0 fully saturated rings. The SMILES string of the molecule is C[B]c1ccc2c(OS(=O)(=O)C(F)(F)F)cc(=O)oc2c1. The maximum absolute atomic E-state index is 12.3. The zero-order valence-corrected chi connectivity index (χ0v) is 11.3. The fourth-order valence-corrected chi connectivity index (χ4v) is 2.03. The minimum Gasteiger partial charge on any atom is -0.423 e. The lowest BCUT2D eigenvalue weighted by molar-refractivity contribution is -0.0499. The van der Waals surface area contributed by atoms with Gasteiger partial charge in [0.05, 0.1) is 11.5 Å². The monoisotopic (exact) mass is 319 g/mol. The van der Waals surface area contributed by atoms with Crippen LogP contribution in [0.15, 0.2) is 33.5 Å². The molecule has 0 unspecified atom stereocenters. The first-order chi connectivity index (χ1) is 9.64. The molecule has 5 nitrogen and oxygen atoms in total. The molecule has 0 N–H and O–H groups in total. The van der Waals surface area contributed by atoms with Crippen molar-refractivity contribution in [3.63, 3.8) is 0 Å². The van der Waals surface area contributed by atoms with Gasteiger partial charge in [0.15, 0.2) is 5.75 Å². The summed E-state index contributed by atoms with van der Waals surface area (Å²) in [5.41, 5.74) is -6.05. The van der Waals surface area contributed by atoms with Crippen molar-refractivity contribution < 1.29 is 30.2 Å². The summed E-state index contributed by atoms with van der Waals surface area (Å²) in [6.45, 7) is 1.70. The van der Waals surface area contributed by atoms with Crippen LogP contribution in [0.3, 0.4) is 0 Å². The number of benzene rings is 1. The van der Waals surface area contributed by atoms with E-state index in [0.717, 1.165) is 0 Å². The topological polar surface area (TPSA) is 73.6 Å². The lowest BCUT2D eigenvalue weighted by Crippen LogP contribution is -2.28. The predicted molar refractivity (Wildman–Crippen MR) is 69.3 cm³/mol. The van der Waals surface area contributed by atoms with Crippen molar-refractivity contribution in [1.29, 1.82) is 0 Å². The van der Waals surface area contributed by atoms with Crippen molar-refractivity contribution in [1.82, 2.24) is 0 Å². The third kappa shape index (κ3) is 3.04. The van der Waals surface area contributed by atoms with Gasteiger partial charge in [-0.25, -0.2) is 4.79 Å². The summed E-state index contributed by atoms with van der Waals surface area (Å²) in [5, 5.41) is -0.0620. The van der Waals surface area contributed by atoms with Crippen LogP contribution in [0, 0.1) is 0 Å². The second-order valence-electron chi connectivity index (χ2n) is 3.96. The molecule has 2 aromatic rings. The maximum atomic E-state index is 12.3. The Bertz CT molecular complexity index is 841. The van der Waals surface area contributed by atoms with E-state index >= 15 is 0 Å². The van der Waals surface area contributed by atoms with Gasteiger partial charge in [-0.15, -0.1) is 0 Å². The van der Waals surface area contributed by atoms with Gasteiger partial charge in [-0.1, -0.05) is 18.4 Å². The van der Waals surface area contributed by atoms with E-state index in [2.05, 4.69) is 4.18 Å². The molecule has 0 bridgehead atoms. The van der Waals surface area contributed by atoms with Gasteiger partial charge in [-0.3, -0.25) is 0 Å². The summed E-state index contributed by atoms with van der Waals surface area (Å²) < 4.78 is 67.8. The van der Waals surface area contributed by atoms with Gasteiger partial charge < -0.3 is 8.60 Å². The summed E-state index contributed by atoms with van der Waals surface area (Å²) in [5.74, 6) is -0.735. The Balaban J connectivity index is 2.62. The zero-order chi connectivity index (χ0) is 15.8. The first-order valence-electron chi connectivity index (χ1n) is 5.52. The Morgan fingerprint density at radius 3 is 2.48 bits per heavy atom. The molecular formula is C11H7BF3O5S. The number of hydrogen-bond acceptors (Lipinski definition) is 5. The number of alkyl halides is 3. The molecule has 0 saturated heterocycles. The highest BCUT2D eigenvalue weighted by molar-refractivity contribution is 7.88. The van der Waals surface area contributed by atoms with Gasteiger partial charge in [-0.05, 0) is 12.1 Å². The minimum absolute atomic E-state index is 0.0620. The molecule has 1 aromatic heterocycles. The average Bonchev–Trinajstić information content (AvgIpc) is 2.35. The van der Waals surface area contributed by atoms with Crippen LogP contribution in [0.25, 0.3) is 11.0 Å². The van der Waals surface area contributed by atoms with Gasteiger partial charge in [-0.2, -0.15) is 21.6 Å². The van der Waals surface area contributed by atoms with E-state index in [4.69, 9.17) is 4.42 Å². The van der Waals surface area contributed by atoms with Crippen molar-refractivity contribution in [2.75, 3.05) is 0 Å². The molecule has 1 heterocycles. The van der Waals surface area contributed by atoms with E-state index in [1.165, 1.54) is 18.2 Å². The summed E-state index contributed by atoms with van der Waals surface area (Å²) in [6, 6.07) is 4.73. The molecule has 0 amide bonds. The molecule has 0 aliphatic heterocycles. The van der Waals surface area contributed by atoms with Crippen LogP contribution in [-0.2, 0) is 10.1 Å². The second kappa shape index (κ2) is 5.10. The normalized spacial score (nSPS) is 12.4. The number of fused-ring (bicyclic) bond motifs is 1. The molecule has 0 spiro atoms. The highest BCUT2D eigenvalue weighted by Crippen LogP contribution is 2.30. The quantitative estimate of drug-likeness (QED) is 0.370. The molecule has 111 valence electrons. The largest absolute Gasteiger partial charge is 0.534 e. The Morgan fingerprint density at radius 1 is 1.24 bits per heavy atom. The van der Waals surface area contributed by atoms with E-state index in [-0.39, 0.29) is 11.0 Å². The van der Waals surface area contributed by atoms with Crippen molar-refractivity contribution in [3.8, 4) is 5.75 Å². The second-order valence-corrected chi connectivity index (χ2v) is 5.49. The van der Waals surface area contributed by atoms with Crippen LogP contribution >= 0.6 is 0 Å². The Hall–Kier alpha value is -1.97. The molecule has 1 radical (unpaired) electrons. The van der Waals surface area contributed by atoms with E-state index in [1.807, 2.05) is 0 Å². The molecule has 0 aliphatic rings. The molecular weight excluding hydrogens is 312 g/mol. The zero-order valence-electron chi connectivity index (χ0n) is 10.5. The third-order valence-corrected chi connectivity index (χ3v) is 3.51. The highest BCUT2D eigenvalue weighted by Gasteiger charge is 2.48. The first-order valence-corrected chi connectivity index (χ1v) is 6.93. The summed E-state index contributed by atoms with van der Waals surface area (Å²) in [6.07, 6.45) is 0. The molecule has 21 heavy (non-hydrogen) atoms. The van der Waals surface area contributed by atoms with Crippen LogP contribution in [0.4, 0.5) is 13.2 Å². The Labute approximate surface area is 117 Å². The minimum atomic E-state index is -5.86. The fourth-order valence-electron chi connectivity index (χ4n) is 1.56. The average molecular weight is 319 g/mol. The van der Waals surface area contributed by atoms with Gasteiger partial charge in [0.1, 0.15) is 12.9 Å². The van der Waals surface area contributed by atoms with E-state index < -0.39 is 27.0 Å². The first kappa shape index (κ1) is 15.4. The van der Waals surface area contributed by atoms with Crippen molar-refractivity contribution in [2.24, 2.45) is 0 Å². The number of halogens is 3. The predicted octanol–water partition coefficient (Wildman–Crippen LogP) is 1.40. The van der Waals surface area contributed by atoms with E-state index in [1.54, 1.807) is 14.1 Å². The molecule has 0 aliphatic carbocycles. The van der Waals surface area contributed by atoms with Crippen LogP contribution in [-0.4, -0.2) is 21.2 Å². The summed E-state index contributed by atoms with van der Waals surface area (Å²) in [4.78, 5) is 11.3. The lowest BCUT2D eigenvalue weighted by Gasteiger charge is -2.10. The molecule has 1 aromatic carbocycles. The summed E-state index contributed by atoms with van der Waals surface area (Å²) >= 11 is 0. The van der Waals surface area contributed by atoms with Crippen LogP contribution in [0.1, 0.15) is 0 Å². The molecule has 0 atom stereocenters. The van der Waals surface area contributed by atoms with E-state index in [0.29, 0.717) is 11.5 Å². The highest BCUT2D eigenvalue weighted by atomic mass is 32.2. The van der Waals surface area contributed by atoms with Gasteiger partial charge >= 0.3 is 21.3 Å². The maximum Gasteiger partial charge on any atom is 0.534 e. The summed E-state index contributed by atoms with van der Waals surface area (Å²) in [7, 11) is -4.20. The van der Waals surface area contributed by atoms with Crippen molar-refractivity contribution in [2.45, 2.75) is 12.3 Å². The smallest absolute Gasteiger partial charge is 0.423 e. The Kier molecular flexibility index (Phi) is 3.75. The third-order valence-electron chi connectivity index (χ3n) is 2.55. The molecule has 0 saturated carbocycles. The van der Waals surface area contributed by atoms with Gasteiger partial charge in [0, 0.05) is 0 Å².